The third kappa shape index (κ3) is 6.83. The second-order valence-electron chi connectivity index (χ2n) is 5.73. The summed E-state index contributed by atoms with van der Waals surface area (Å²) in [5.41, 5.74) is 1.59. The summed E-state index contributed by atoms with van der Waals surface area (Å²) in [7, 11) is 3.85. The van der Waals surface area contributed by atoms with Gasteiger partial charge >= 0.3 is 0 Å². The number of benzene rings is 1. The van der Waals surface area contributed by atoms with E-state index in [9.17, 15) is 9.59 Å². The Hall–Kier alpha value is -2.55. The van der Waals surface area contributed by atoms with Gasteiger partial charge in [0.25, 0.3) is 5.91 Å². The standard InChI is InChI=1S/C17H24N4O2/c1-13(11-16(22)19-10-8-18)7-9-20-17(23)14-5-4-6-15(12-14)21(2)3/h4-6,12-13H,7,9-11H2,1-3H3,(H,19,22)(H,20,23). The number of rotatable bonds is 8. The van der Waals surface area contributed by atoms with Gasteiger partial charge in [0.05, 0.1) is 6.07 Å². The quantitative estimate of drug-likeness (QED) is 0.712. The van der Waals surface area contributed by atoms with Crippen LogP contribution < -0.4 is 15.5 Å². The third-order valence-corrected chi connectivity index (χ3v) is 3.45. The van der Waals surface area contributed by atoms with E-state index in [0.29, 0.717) is 24.9 Å². The molecule has 23 heavy (non-hydrogen) atoms. The smallest absolute Gasteiger partial charge is 0.251 e. The monoisotopic (exact) mass is 316 g/mol. The molecule has 0 spiro atoms. The molecule has 0 fully saturated rings. The number of carbonyl (C=O) groups is 2. The Labute approximate surface area is 137 Å². The molecule has 2 N–H and O–H groups in total. The number of amides is 2. The molecule has 1 aromatic carbocycles. The summed E-state index contributed by atoms with van der Waals surface area (Å²) in [5.74, 6) is -0.110. The molecule has 0 aliphatic carbocycles. The second-order valence-corrected chi connectivity index (χ2v) is 5.73. The Kier molecular flexibility index (Phi) is 7.61. The van der Waals surface area contributed by atoms with E-state index in [2.05, 4.69) is 10.6 Å². The minimum absolute atomic E-state index is 0.0322. The van der Waals surface area contributed by atoms with Gasteiger partial charge in [0.1, 0.15) is 6.54 Å². The summed E-state index contributed by atoms with van der Waals surface area (Å²) in [6.07, 6.45) is 1.06. The molecule has 1 aromatic rings. The Morgan fingerprint density at radius 2 is 2.04 bits per heavy atom. The molecule has 2 amide bonds. The van der Waals surface area contributed by atoms with Crippen LogP contribution in [0.2, 0.25) is 0 Å². The van der Waals surface area contributed by atoms with Crippen LogP contribution in [-0.4, -0.2) is 39.0 Å². The third-order valence-electron chi connectivity index (χ3n) is 3.45. The lowest BCUT2D eigenvalue weighted by Crippen LogP contribution is -2.28. The van der Waals surface area contributed by atoms with Crippen LogP contribution in [0.1, 0.15) is 30.1 Å². The Morgan fingerprint density at radius 1 is 1.30 bits per heavy atom. The molecule has 0 saturated heterocycles. The second kappa shape index (κ2) is 9.46. The molecule has 6 heteroatoms. The Balaban J connectivity index is 2.38. The van der Waals surface area contributed by atoms with Crippen molar-refractivity contribution < 1.29 is 9.59 Å². The summed E-state index contributed by atoms with van der Waals surface area (Å²) < 4.78 is 0. The number of hydrogen-bond donors (Lipinski definition) is 2. The van der Waals surface area contributed by atoms with E-state index in [1.807, 2.05) is 50.2 Å². The Bertz CT molecular complexity index is 578. The lowest BCUT2D eigenvalue weighted by molar-refractivity contribution is -0.121. The maximum Gasteiger partial charge on any atom is 0.251 e. The highest BCUT2D eigenvalue weighted by atomic mass is 16.2. The molecular formula is C17H24N4O2. The predicted octanol–water partition coefficient (Wildman–Crippen LogP) is 1.54. The number of hydrogen-bond acceptors (Lipinski definition) is 4. The van der Waals surface area contributed by atoms with Gasteiger partial charge in [-0.3, -0.25) is 9.59 Å². The highest BCUT2D eigenvalue weighted by Crippen LogP contribution is 2.13. The maximum absolute atomic E-state index is 12.1. The summed E-state index contributed by atoms with van der Waals surface area (Å²) >= 11 is 0. The van der Waals surface area contributed by atoms with Crippen molar-refractivity contribution in [2.75, 3.05) is 32.1 Å². The van der Waals surface area contributed by atoms with Crippen molar-refractivity contribution >= 4 is 17.5 Å². The minimum Gasteiger partial charge on any atom is -0.378 e. The molecule has 0 heterocycles. The minimum atomic E-state index is -0.135. The van der Waals surface area contributed by atoms with Crippen LogP contribution in [0.4, 0.5) is 5.69 Å². The Morgan fingerprint density at radius 3 is 2.70 bits per heavy atom. The van der Waals surface area contributed by atoms with Crippen molar-refractivity contribution in [2.24, 2.45) is 5.92 Å². The van der Waals surface area contributed by atoms with E-state index >= 15 is 0 Å². The van der Waals surface area contributed by atoms with Crippen LogP contribution in [0, 0.1) is 17.2 Å². The molecule has 0 aliphatic heterocycles. The van der Waals surface area contributed by atoms with E-state index in [1.54, 1.807) is 6.07 Å². The first kappa shape index (κ1) is 18.5. The first-order valence-corrected chi connectivity index (χ1v) is 7.63. The first-order valence-electron chi connectivity index (χ1n) is 7.63. The van der Waals surface area contributed by atoms with Gasteiger partial charge in [0.15, 0.2) is 0 Å². The molecule has 0 aromatic heterocycles. The highest BCUT2D eigenvalue weighted by Gasteiger charge is 2.10. The topological polar surface area (TPSA) is 85.2 Å². The fraction of sp³-hybridized carbons (Fsp3) is 0.471. The lowest BCUT2D eigenvalue weighted by Gasteiger charge is -2.14. The van der Waals surface area contributed by atoms with Gasteiger partial charge in [-0.1, -0.05) is 13.0 Å². The van der Waals surface area contributed by atoms with Crippen molar-refractivity contribution in [2.45, 2.75) is 19.8 Å². The van der Waals surface area contributed by atoms with Crippen molar-refractivity contribution in [3.8, 4) is 6.07 Å². The van der Waals surface area contributed by atoms with Crippen molar-refractivity contribution in [3.63, 3.8) is 0 Å². The van der Waals surface area contributed by atoms with Crippen molar-refractivity contribution in [3.05, 3.63) is 29.8 Å². The van der Waals surface area contributed by atoms with Gasteiger partial charge in [0.2, 0.25) is 5.91 Å². The summed E-state index contributed by atoms with van der Waals surface area (Å²) in [6.45, 7) is 2.49. The molecule has 124 valence electrons. The van der Waals surface area contributed by atoms with E-state index in [1.165, 1.54) is 0 Å². The maximum atomic E-state index is 12.1. The first-order chi connectivity index (χ1) is 10.9. The van der Waals surface area contributed by atoms with Crippen LogP contribution in [-0.2, 0) is 4.79 Å². The van der Waals surface area contributed by atoms with E-state index < -0.39 is 0 Å². The average Bonchev–Trinajstić information content (AvgIpc) is 2.52. The largest absolute Gasteiger partial charge is 0.378 e. The van der Waals surface area contributed by atoms with Gasteiger partial charge in [-0.25, -0.2) is 0 Å². The SMILES string of the molecule is CC(CCNC(=O)c1cccc(N(C)C)c1)CC(=O)NCC#N. The molecule has 0 bridgehead atoms. The molecular weight excluding hydrogens is 292 g/mol. The lowest BCUT2D eigenvalue weighted by atomic mass is 10.0. The zero-order valence-electron chi connectivity index (χ0n) is 13.9. The van der Waals surface area contributed by atoms with Crippen LogP contribution >= 0.6 is 0 Å². The van der Waals surface area contributed by atoms with Crippen molar-refractivity contribution in [1.29, 1.82) is 5.26 Å². The van der Waals surface area contributed by atoms with Gasteiger partial charge < -0.3 is 15.5 Å². The van der Waals surface area contributed by atoms with Gasteiger partial charge in [0, 0.05) is 38.3 Å². The van der Waals surface area contributed by atoms with Crippen molar-refractivity contribution in [1.82, 2.24) is 10.6 Å². The van der Waals surface area contributed by atoms with E-state index in [4.69, 9.17) is 5.26 Å². The molecule has 1 atom stereocenters. The average molecular weight is 316 g/mol. The fourth-order valence-electron chi connectivity index (χ4n) is 2.09. The molecule has 1 unspecified atom stereocenters. The molecule has 0 radical (unpaired) electrons. The zero-order chi connectivity index (χ0) is 17.2. The molecule has 0 aliphatic rings. The van der Waals surface area contributed by atoms with Gasteiger partial charge in [-0.2, -0.15) is 5.26 Å². The van der Waals surface area contributed by atoms with Crippen LogP contribution in [0.5, 0.6) is 0 Å². The fourth-order valence-corrected chi connectivity index (χ4v) is 2.09. The number of nitrogens with zero attached hydrogens (tertiary/aromatic N) is 2. The zero-order valence-corrected chi connectivity index (χ0v) is 13.9. The van der Waals surface area contributed by atoms with E-state index in [0.717, 1.165) is 5.69 Å². The van der Waals surface area contributed by atoms with Crippen LogP contribution in [0.15, 0.2) is 24.3 Å². The normalized spacial score (nSPS) is 11.2. The van der Waals surface area contributed by atoms with Gasteiger partial charge in [-0.15, -0.1) is 0 Å². The predicted molar refractivity (Wildman–Crippen MR) is 90.1 cm³/mol. The number of nitriles is 1. The summed E-state index contributed by atoms with van der Waals surface area (Å²) in [4.78, 5) is 25.5. The molecule has 1 rings (SSSR count). The molecule has 6 nitrogen and oxygen atoms in total. The van der Waals surface area contributed by atoms with Gasteiger partial charge in [-0.05, 0) is 30.5 Å². The number of nitrogens with one attached hydrogen (secondary N) is 2. The van der Waals surface area contributed by atoms with Crippen LogP contribution in [0.25, 0.3) is 0 Å². The molecule has 0 saturated carbocycles. The summed E-state index contributed by atoms with van der Waals surface area (Å²) in [6, 6.07) is 9.29. The summed E-state index contributed by atoms with van der Waals surface area (Å²) in [5, 5.41) is 13.8. The van der Waals surface area contributed by atoms with E-state index in [-0.39, 0.29) is 24.3 Å². The number of anilines is 1. The van der Waals surface area contributed by atoms with Crippen LogP contribution in [0.3, 0.4) is 0 Å². The highest BCUT2D eigenvalue weighted by molar-refractivity contribution is 5.95. The number of carbonyl (C=O) groups excluding carboxylic acids is 2.